The average Bonchev–Trinajstić information content (AvgIpc) is 3.02. The van der Waals surface area contributed by atoms with Gasteiger partial charge in [0.25, 0.3) is 0 Å². The van der Waals surface area contributed by atoms with Crippen LogP contribution in [0.15, 0.2) is 42.0 Å². The molecule has 21 heavy (non-hydrogen) atoms. The zero-order valence-electron chi connectivity index (χ0n) is 12.6. The zero-order chi connectivity index (χ0) is 15.7. The highest BCUT2D eigenvalue weighted by Gasteiger charge is 2.02. The van der Waals surface area contributed by atoms with Crippen molar-refractivity contribution in [1.82, 2.24) is 9.97 Å². The molecule has 0 saturated heterocycles. The molecule has 2 N–H and O–H groups in total. The minimum Gasteiger partial charge on any atom is -0.481 e. The molecule has 0 unspecified atom stereocenters. The van der Waals surface area contributed by atoms with Crippen molar-refractivity contribution in [3.05, 3.63) is 54.0 Å². The number of nitrogens with zero attached hydrogens (tertiary/aromatic N) is 2. The zero-order valence-corrected chi connectivity index (χ0v) is 12.6. The highest BCUT2D eigenvalue weighted by molar-refractivity contribution is 6.01. The van der Waals surface area contributed by atoms with Gasteiger partial charge in [-0.15, -0.1) is 0 Å². The van der Waals surface area contributed by atoms with Crippen molar-refractivity contribution in [3.63, 3.8) is 0 Å². The van der Waals surface area contributed by atoms with Gasteiger partial charge in [-0.2, -0.15) is 0 Å². The van der Waals surface area contributed by atoms with E-state index in [9.17, 15) is 0 Å². The molecule has 0 aromatic carbocycles. The van der Waals surface area contributed by atoms with E-state index in [2.05, 4.69) is 21.5 Å². The molecule has 5 nitrogen and oxygen atoms in total. The van der Waals surface area contributed by atoms with Gasteiger partial charge in [-0.1, -0.05) is 32.6 Å². The fraction of sp³-hybridized carbons (Fsp3) is 0.188. The maximum absolute atomic E-state index is 7.85. The number of amidine groups is 1. The lowest BCUT2D eigenvalue weighted by Crippen LogP contribution is -2.00. The van der Waals surface area contributed by atoms with Crippen LogP contribution in [0.2, 0.25) is 0 Å². The van der Waals surface area contributed by atoms with Crippen LogP contribution in [-0.2, 0) is 0 Å². The minimum absolute atomic E-state index is 0.0775. The van der Waals surface area contributed by atoms with Crippen molar-refractivity contribution in [1.29, 1.82) is 5.41 Å². The first-order valence-corrected chi connectivity index (χ1v) is 6.68. The Kier molecular flexibility index (Phi) is 6.60. The van der Waals surface area contributed by atoms with E-state index in [4.69, 9.17) is 10.1 Å². The summed E-state index contributed by atoms with van der Waals surface area (Å²) in [6.07, 6.45) is 5.14. The van der Waals surface area contributed by atoms with E-state index in [1.54, 1.807) is 30.5 Å². The number of nitrogens with one attached hydrogen (secondary N) is 2. The van der Waals surface area contributed by atoms with Gasteiger partial charge in [0.2, 0.25) is 5.88 Å². The number of rotatable bonds is 4. The summed E-state index contributed by atoms with van der Waals surface area (Å²) in [5.41, 5.74) is 2.25. The molecule has 2 aromatic heterocycles. The lowest BCUT2D eigenvalue weighted by atomic mass is 10.3. The lowest BCUT2D eigenvalue weighted by Gasteiger charge is -2.00. The minimum atomic E-state index is 0.0775. The van der Waals surface area contributed by atoms with Gasteiger partial charge in [0, 0.05) is 12.3 Å². The number of pyridine rings is 1. The fourth-order valence-electron chi connectivity index (χ4n) is 1.48. The third kappa shape index (κ3) is 4.72. The van der Waals surface area contributed by atoms with E-state index >= 15 is 0 Å². The van der Waals surface area contributed by atoms with Crippen molar-refractivity contribution in [2.75, 3.05) is 7.11 Å². The average molecular weight is 284 g/mol. The van der Waals surface area contributed by atoms with Gasteiger partial charge < -0.3 is 9.72 Å². The molecule has 0 aliphatic heterocycles. The van der Waals surface area contributed by atoms with Gasteiger partial charge >= 0.3 is 0 Å². The normalized spacial score (nSPS) is 9.86. The van der Waals surface area contributed by atoms with Crippen LogP contribution in [0.4, 0.5) is 0 Å². The van der Waals surface area contributed by atoms with Crippen molar-refractivity contribution >= 4 is 18.1 Å². The molecule has 0 amide bonds. The molecule has 0 saturated carbocycles. The Morgan fingerprint density at radius 1 is 1.43 bits per heavy atom. The summed E-state index contributed by atoms with van der Waals surface area (Å²) in [6.45, 7) is 7.68. The van der Waals surface area contributed by atoms with E-state index in [1.807, 2.05) is 26.1 Å². The third-order valence-corrected chi connectivity index (χ3v) is 2.47. The Morgan fingerprint density at radius 3 is 2.81 bits per heavy atom. The summed E-state index contributed by atoms with van der Waals surface area (Å²) in [4.78, 5) is 11.2. The number of aromatic amines is 1. The van der Waals surface area contributed by atoms with E-state index in [-0.39, 0.29) is 5.84 Å². The Balaban J connectivity index is 0.00000106. The molecule has 0 aliphatic rings. The second kappa shape index (κ2) is 8.47. The first kappa shape index (κ1) is 16.4. The van der Waals surface area contributed by atoms with Crippen LogP contribution in [0.3, 0.4) is 0 Å². The molecule has 2 rings (SSSR count). The monoisotopic (exact) mass is 284 g/mol. The Labute approximate surface area is 124 Å². The van der Waals surface area contributed by atoms with E-state index in [0.29, 0.717) is 11.6 Å². The van der Waals surface area contributed by atoms with Crippen molar-refractivity contribution in [2.45, 2.75) is 13.8 Å². The molecule has 2 aromatic rings. The van der Waals surface area contributed by atoms with Crippen LogP contribution >= 0.6 is 0 Å². The van der Waals surface area contributed by atoms with Gasteiger partial charge in [0.15, 0.2) is 5.84 Å². The largest absolute Gasteiger partial charge is 0.481 e. The summed E-state index contributed by atoms with van der Waals surface area (Å²) >= 11 is 0. The summed E-state index contributed by atoms with van der Waals surface area (Å²) in [6, 6.07) is 7.10. The highest BCUT2D eigenvalue weighted by atomic mass is 16.5. The Bertz CT molecular complexity index is 629. The lowest BCUT2D eigenvalue weighted by molar-refractivity contribution is 0.397. The SMILES string of the molecule is C=Cc1c[nH]c(C=NC(=N)c2cccc(OC)n2)c1.CC. The van der Waals surface area contributed by atoms with Crippen molar-refractivity contribution in [3.8, 4) is 5.88 Å². The molecule has 2 heterocycles. The molecular formula is C16H20N4O. The predicted molar refractivity (Wildman–Crippen MR) is 87.4 cm³/mol. The van der Waals surface area contributed by atoms with Gasteiger partial charge in [0.1, 0.15) is 5.69 Å². The summed E-state index contributed by atoms with van der Waals surface area (Å²) in [5, 5.41) is 7.85. The van der Waals surface area contributed by atoms with E-state index in [1.165, 1.54) is 7.11 Å². The highest BCUT2D eigenvalue weighted by Crippen LogP contribution is 2.08. The van der Waals surface area contributed by atoms with Crippen LogP contribution in [0.5, 0.6) is 5.88 Å². The summed E-state index contributed by atoms with van der Waals surface area (Å²) in [7, 11) is 1.54. The maximum atomic E-state index is 7.85. The standard InChI is InChI=1S/C14H14N4O.C2H6/c1-3-10-7-11(16-8-10)9-17-14(15)12-5-4-6-13(18-12)19-2;1-2/h3-9,15-16H,1H2,2H3;1-2H3. The molecule has 0 bridgehead atoms. The van der Waals surface area contributed by atoms with Crippen LogP contribution in [0.1, 0.15) is 30.8 Å². The molecule has 5 heteroatoms. The number of aromatic nitrogens is 2. The van der Waals surface area contributed by atoms with Crippen molar-refractivity contribution in [2.24, 2.45) is 4.99 Å². The number of aliphatic imine (C=N–C) groups is 1. The first-order chi connectivity index (χ1) is 10.2. The quantitative estimate of drug-likeness (QED) is 0.665. The van der Waals surface area contributed by atoms with Crippen molar-refractivity contribution < 1.29 is 4.74 Å². The van der Waals surface area contributed by atoms with Crippen LogP contribution in [-0.4, -0.2) is 29.1 Å². The molecule has 0 fully saturated rings. The summed E-state index contributed by atoms with van der Waals surface area (Å²) < 4.78 is 5.01. The topological polar surface area (TPSA) is 74.1 Å². The Morgan fingerprint density at radius 2 is 2.19 bits per heavy atom. The van der Waals surface area contributed by atoms with Gasteiger partial charge in [0.05, 0.1) is 19.0 Å². The molecule has 0 radical (unpaired) electrons. The Hall–Kier alpha value is -2.69. The summed E-state index contributed by atoms with van der Waals surface area (Å²) in [5.74, 6) is 0.542. The number of hydrogen-bond donors (Lipinski definition) is 2. The first-order valence-electron chi connectivity index (χ1n) is 6.68. The second-order valence-corrected chi connectivity index (χ2v) is 3.76. The van der Waals surface area contributed by atoms with E-state index < -0.39 is 0 Å². The number of hydrogen-bond acceptors (Lipinski definition) is 3. The van der Waals surface area contributed by atoms with Gasteiger partial charge in [-0.25, -0.2) is 9.98 Å². The second-order valence-electron chi connectivity index (χ2n) is 3.76. The van der Waals surface area contributed by atoms with Crippen LogP contribution < -0.4 is 4.74 Å². The number of H-pyrrole nitrogens is 1. The molecular weight excluding hydrogens is 264 g/mol. The van der Waals surface area contributed by atoms with Gasteiger partial charge in [-0.3, -0.25) is 5.41 Å². The molecule has 0 aliphatic carbocycles. The number of methoxy groups -OCH3 is 1. The molecule has 0 atom stereocenters. The predicted octanol–water partition coefficient (Wildman–Crippen LogP) is 3.53. The van der Waals surface area contributed by atoms with Crippen LogP contribution in [0, 0.1) is 5.41 Å². The van der Waals surface area contributed by atoms with Crippen LogP contribution in [0.25, 0.3) is 6.08 Å². The molecule has 110 valence electrons. The van der Waals surface area contributed by atoms with E-state index in [0.717, 1.165) is 11.3 Å². The fourth-order valence-corrected chi connectivity index (χ4v) is 1.48. The molecule has 0 spiro atoms. The maximum Gasteiger partial charge on any atom is 0.213 e. The number of ether oxygens (including phenoxy) is 1. The van der Waals surface area contributed by atoms with Gasteiger partial charge in [-0.05, 0) is 17.7 Å². The smallest absolute Gasteiger partial charge is 0.213 e. The third-order valence-electron chi connectivity index (χ3n) is 2.47.